The predicted octanol–water partition coefficient (Wildman–Crippen LogP) is 1.50. The van der Waals surface area contributed by atoms with Crippen molar-refractivity contribution in [2.45, 2.75) is 26.0 Å². The number of aryl methyl sites for hydroxylation is 1. The molecule has 3 heterocycles. The van der Waals surface area contributed by atoms with Crippen LogP contribution in [0.1, 0.15) is 25.3 Å². The Morgan fingerprint density at radius 1 is 1.56 bits per heavy atom. The van der Waals surface area contributed by atoms with Gasteiger partial charge >= 0.3 is 0 Å². The number of imidazole rings is 1. The summed E-state index contributed by atoms with van der Waals surface area (Å²) in [5, 5.41) is 3.35. The van der Waals surface area contributed by atoms with Gasteiger partial charge in [0, 0.05) is 25.8 Å². The zero-order chi connectivity index (χ0) is 12.4. The maximum atomic E-state index is 5.81. The molecule has 1 fully saturated rings. The van der Waals surface area contributed by atoms with Gasteiger partial charge in [0.15, 0.2) is 5.65 Å². The second-order valence-corrected chi connectivity index (χ2v) is 4.53. The molecule has 1 unspecified atom stereocenters. The summed E-state index contributed by atoms with van der Waals surface area (Å²) in [5.74, 6) is 0.998. The monoisotopic (exact) mass is 246 g/mol. The number of nitrogens with zero attached hydrogens (tertiary/aromatic N) is 3. The molecule has 1 saturated heterocycles. The van der Waals surface area contributed by atoms with E-state index in [0.29, 0.717) is 0 Å². The molecule has 0 spiro atoms. The zero-order valence-corrected chi connectivity index (χ0v) is 10.6. The number of aromatic nitrogens is 3. The molecular weight excluding hydrogens is 228 g/mol. The van der Waals surface area contributed by atoms with E-state index < -0.39 is 0 Å². The fourth-order valence-corrected chi connectivity index (χ4v) is 2.40. The molecule has 5 nitrogen and oxygen atoms in total. The molecule has 0 aliphatic carbocycles. The standard InChI is InChI=1S/C13H18N4O/c1-2-7-17-12-10(4-3-5-15-12)16-13(17)11-9-14-6-8-18-11/h3-5,11,14H,2,6-9H2,1H3. The lowest BCUT2D eigenvalue weighted by Crippen LogP contribution is -2.34. The van der Waals surface area contributed by atoms with E-state index in [1.807, 2.05) is 18.3 Å². The van der Waals surface area contributed by atoms with Gasteiger partial charge in [0.05, 0.1) is 6.61 Å². The van der Waals surface area contributed by atoms with Crippen molar-refractivity contribution >= 4 is 11.2 Å². The highest BCUT2D eigenvalue weighted by atomic mass is 16.5. The lowest BCUT2D eigenvalue weighted by atomic mass is 10.3. The zero-order valence-electron chi connectivity index (χ0n) is 10.6. The van der Waals surface area contributed by atoms with Crippen LogP contribution in [0, 0.1) is 0 Å². The molecule has 0 bridgehead atoms. The number of ether oxygens (including phenoxy) is 1. The van der Waals surface area contributed by atoms with Crippen molar-refractivity contribution in [3.63, 3.8) is 0 Å². The first kappa shape index (κ1) is 11.6. The molecule has 0 saturated carbocycles. The summed E-state index contributed by atoms with van der Waals surface area (Å²) in [6, 6.07) is 3.93. The van der Waals surface area contributed by atoms with Crippen LogP contribution >= 0.6 is 0 Å². The minimum Gasteiger partial charge on any atom is -0.368 e. The highest BCUT2D eigenvalue weighted by molar-refractivity contribution is 5.71. The van der Waals surface area contributed by atoms with Crippen LogP contribution in [-0.2, 0) is 11.3 Å². The van der Waals surface area contributed by atoms with Gasteiger partial charge in [0.1, 0.15) is 17.4 Å². The van der Waals surface area contributed by atoms with Crippen molar-refractivity contribution in [1.82, 2.24) is 19.9 Å². The van der Waals surface area contributed by atoms with Gasteiger partial charge in [-0.15, -0.1) is 0 Å². The third-order valence-corrected chi connectivity index (χ3v) is 3.20. The summed E-state index contributed by atoms with van der Waals surface area (Å²) in [4.78, 5) is 9.13. The third kappa shape index (κ3) is 2.00. The van der Waals surface area contributed by atoms with Gasteiger partial charge in [0.2, 0.25) is 0 Å². The molecule has 1 atom stereocenters. The average molecular weight is 246 g/mol. The number of nitrogens with one attached hydrogen (secondary N) is 1. The lowest BCUT2D eigenvalue weighted by Gasteiger charge is -2.23. The second-order valence-electron chi connectivity index (χ2n) is 4.53. The van der Waals surface area contributed by atoms with Crippen LogP contribution in [0.15, 0.2) is 18.3 Å². The first-order valence-electron chi connectivity index (χ1n) is 6.53. The number of rotatable bonds is 3. The van der Waals surface area contributed by atoms with Crippen LogP contribution in [0.3, 0.4) is 0 Å². The van der Waals surface area contributed by atoms with Crippen molar-refractivity contribution in [1.29, 1.82) is 0 Å². The minimum absolute atomic E-state index is 0.0412. The molecule has 0 amide bonds. The Labute approximate surface area is 106 Å². The number of hydrogen-bond acceptors (Lipinski definition) is 4. The highest BCUT2D eigenvalue weighted by Crippen LogP contribution is 2.23. The number of hydrogen-bond donors (Lipinski definition) is 1. The van der Waals surface area contributed by atoms with E-state index in [9.17, 15) is 0 Å². The molecular formula is C13H18N4O. The molecule has 18 heavy (non-hydrogen) atoms. The largest absolute Gasteiger partial charge is 0.368 e. The maximum absolute atomic E-state index is 5.81. The van der Waals surface area contributed by atoms with Crippen molar-refractivity contribution in [3.8, 4) is 0 Å². The van der Waals surface area contributed by atoms with E-state index in [0.717, 1.165) is 49.7 Å². The van der Waals surface area contributed by atoms with E-state index >= 15 is 0 Å². The molecule has 5 heteroatoms. The van der Waals surface area contributed by atoms with E-state index in [-0.39, 0.29) is 6.10 Å². The Hall–Kier alpha value is -1.46. The summed E-state index contributed by atoms with van der Waals surface area (Å²) in [5.41, 5.74) is 1.92. The van der Waals surface area contributed by atoms with Crippen molar-refractivity contribution in [3.05, 3.63) is 24.2 Å². The molecule has 0 aromatic carbocycles. The van der Waals surface area contributed by atoms with Crippen LogP contribution in [0.5, 0.6) is 0 Å². The normalized spacial score (nSPS) is 20.4. The molecule has 0 radical (unpaired) electrons. The third-order valence-electron chi connectivity index (χ3n) is 3.20. The van der Waals surface area contributed by atoms with Crippen LogP contribution in [0.2, 0.25) is 0 Å². The van der Waals surface area contributed by atoms with Crippen LogP contribution in [0.25, 0.3) is 11.2 Å². The van der Waals surface area contributed by atoms with Gasteiger partial charge in [-0.1, -0.05) is 6.92 Å². The Balaban J connectivity index is 2.05. The first-order chi connectivity index (χ1) is 8.90. The number of fused-ring (bicyclic) bond motifs is 1. The molecule has 1 aliphatic heterocycles. The number of morpholine rings is 1. The Morgan fingerprint density at radius 3 is 3.28 bits per heavy atom. The Bertz CT molecular complexity index is 531. The van der Waals surface area contributed by atoms with Crippen LogP contribution < -0.4 is 5.32 Å². The smallest absolute Gasteiger partial charge is 0.160 e. The van der Waals surface area contributed by atoms with E-state index in [4.69, 9.17) is 9.72 Å². The molecule has 2 aromatic rings. The van der Waals surface area contributed by atoms with Crippen LogP contribution in [0.4, 0.5) is 0 Å². The van der Waals surface area contributed by atoms with Gasteiger partial charge in [-0.2, -0.15) is 0 Å². The highest BCUT2D eigenvalue weighted by Gasteiger charge is 2.22. The molecule has 1 aliphatic rings. The Morgan fingerprint density at radius 2 is 2.50 bits per heavy atom. The molecule has 1 N–H and O–H groups in total. The summed E-state index contributed by atoms with van der Waals surface area (Å²) in [6.07, 6.45) is 2.93. The molecule has 3 rings (SSSR count). The van der Waals surface area contributed by atoms with Crippen molar-refractivity contribution in [2.75, 3.05) is 19.7 Å². The maximum Gasteiger partial charge on any atom is 0.160 e. The van der Waals surface area contributed by atoms with Crippen molar-refractivity contribution in [2.24, 2.45) is 0 Å². The summed E-state index contributed by atoms with van der Waals surface area (Å²) in [7, 11) is 0. The van der Waals surface area contributed by atoms with Gasteiger partial charge in [-0.25, -0.2) is 9.97 Å². The summed E-state index contributed by atoms with van der Waals surface area (Å²) in [6.45, 7) is 5.59. The van der Waals surface area contributed by atoms with E-state index in [1.165, 1.54) is 0 Å². The Kier molecular flexibility index (Phi) is 3.25. The fraction of sp³-hybridized carbons (Fsp3) is 0.538. The van der Waals surface area contributed by atoms with Crippen LogP contribution in [-0.4, -0.2) is 34.2 Å². The van der Waals surface area contributed by atoms with Gasteiger partial charge < -0.3 is 14.6 Å². The van der Waals surface area contributed by atoms with E-state index in [1.54, 1.807) is 0 Å². The summed E-state index contributed by atoms with van der Waals surface area (Å²) >= 11 is 0. The average Bonchev–Trinajstić information content (AvgIpc) is 2.80. The first-order valence-corrected chi connectivity index (χ1v) is 6.53. The predicted molar refractivity (Wildman–Crippen MR) is 69.4 cm³/mol. The topological polar surface area (TPSA) is 52.0 Å². The van der Waals surface area contributed by atoms with Gasteiger partial charge in [-0.3, -0.25) is 0 Å². The minimum atomic E-state index is 0.0412. The molecule has 96 valence electrons. The quantitative estimate of drug-likeness (QED) is 0.891. The SMILES string of the molecule is CCCn1c(C2CNCCO2)nc2cccnc21. The number of pyridine rings is 1. The van der Waals surface area contributed by atoms with Crippen molar-refractivity contribution < 1.29 is 4.74 Å². The molecule has 2 aromatic heterocycles. The fourth-order valence-electron chi connectivity index (χ4n) is 2.40. The van der Waals surface area contributed by atoms with E-state index in [2.05, 4.69) is 21.8 Å². The van der Waals surface area contributed by atoms with Gasteiger partial charge in [0.25, 0.3) is 0 Å². The summed E-state index contributed by atoms with van der Waals surface area (Å²) < 4.78 is 7.99. The van der Waals surface area contributed by atoms with Gasteiger partial charge in [-0.05, 0) is 18.6 Å². The lowest BCUT2D eigenvalue weighted by molar-refractivity contribution is 0.0202. The second kappa shape index (κ2) is 5.04.